The first-order valence-corrected chi connectivity index (χ1v) is 6.43. The van der Waals surface area contributed by atoms with Gasteiger partial charge in [0.15, 0.2) is 16.9 Å². The van der Waals surface area contributed by atoms with Crippen LogP contribution in [0.3, 0.4) is 0 Å². The molecule has 88 valence electrons. The quantitative estimate of drug-likeness (QED) is 0.810. The molecule has 2 heterocycles. The Hall–Kier alpha value is -1.29. The number of hydrogen-bond donors (Lipinski definition) is 0. The largest absolute Gasteiger partial charge is 0.439 e. The van der Waals surface area contributed by atoms with E-state index < -0.39 is 0 Å². The van der Waals surface area contributed by atoms with E-state index in [2.05, 4.69) is 20.8 Å². The highest BCUT2D eigenvalue weighted by Gasteiger charge is 2.18. The second kappa shape index (κ2) is 3.88. The molecule has 0 unspecified atom stereocenters. The fraction of sp³-hybridized carbons (Fsp3) is 0.308. The van der Waals surface area contributed by atoms with Crippen LogP contribution in [0.1, 0.15) is 12.0 Å². The maximum Gasteiger partial charge on any atom is 0.200 e. The Morgan fingerprint density at radius 2 is 2.06 bits per heavy atom. The number of benzene rings is 1. The molecule has 1 aliphatic rings. The van der Waals surface area contributed by atoms with Gasteiger partial charge in [-0.15, -0.1) is 0 Å². The molecule has 0 atom stereocenters. The summed E-state index contributed by atoms with van der Waals surface area (Å²) < 4.78 is 6.65. The van der Waals surface area contributed by atoms with Gasteiger partial charge < -0.3 is 9.32 Å². The van der Waals surface area contributed by atoms with E-state index >= 15 is 0 Å². The lowest BCUT2D eigenvalue weighted by molar-refractivity contribution is 0.514. The maximum atomic E-state index is 12.0. The average Bonchev–Trinajstić information content (AvgIpc) is 2.17. The van der Waals surface area contributed by atoms with Crippen LogP contribution in [0.15, 0.2) is 31.9 Å². The lowest BCUT2D eigenvalue weighted by Gasteiger charge is -2.31. The minimum Gasteiger partial charge on any atom is -0.439 e. The highest BCUT2D eigenvalue weighted by molar-refractivity contribution is 9.10. The number of hydrogen-bond acceptors (Lipinski definition) is 3. The predicted molar refractivity (Wildman–Crippen MR) is 71.8 cm³/mol. The molecule has 0 bridgehead atoms. The Morgan fingerprint density at radius 1 is 1.29 bits per heavy atom. The van der Waals surface area contributed by atoms with Gasteiger partial charge in [-0.25, -0.2) is 0 Å². The molecule has 1 fully saturated rings. The van der Waals surface area contributed by atoms with E-state index in [1.807, 2.05) is 19.1 Å². The van der Waals surface area contributed by atoms with Crippen LogP contribution in [0.4, 0.5) is 5.88 Å². The Kier molecular flexibility index (Phi) is 2.47. The monoisotopic (exact) mass is 293 g/mol. The van der Waals surface area contributed by atoms with Crippen molar-refractivity contribution in [2.75, 3.05) is 18.0 Å². The lowest BCUT2D eigenvalue weighted by Crippen LogP contribution is -2.37. The Bertz CT molecular complexity index is 644. The summed E-state index contributed by atoms with van der Waals surface area (Å²) in [5, 5.41) is 0.640. The van der Waals surface area contributed by atoms with Crippen molar-refractivity contribution < 1.29 is 4.42 Å². The first kappa shape index (κ1) is 10.8. The molecule has 17 heavy (non-hydrogen) atoms. The van der Waals surface area contributed by atoms with Gasteiger partial charge in [-0.1, -0.05) is 0 Å². The molecule has 3 rings (SSSR count). The molecule has 0 saturated carbocycles. The highest BCUT2D eigenvalue weighted by Crippen LogP contribution is 2.28. The van der Waals surface area contributed by atoms with E-state index in [0.717, 1.165) is 29.5 Å². The van der Waals surface area contributed by atoms with E-state index in [-0.39, 0.29) is 5.43 Å². The highest BCUT2D eigenvalue weighted by atomic mass is 79.9. The molecular formula is C13H12BrNO2. The maximum absolute atomic E-state index is 12.0. The molecule has 0 radical (unpaired) electrons. The van der Waals surface area contributed by atoms with Crippen molar-refractivity contribution in [2.45, 2.75) is 13.3 Å². The Labute approximate surface area is 107 Å². The van der Waals surface area contributed by atoms with E-state index in [4.69, 9.17) is 4.42 Å². The van der Waals surface area contributed by atoms with Crippen molar-refractivity contribution in [3.63, 3.8) is 0 Å². The SMILES string of the molecule is Cc1cc(Br)c2oc(N3CCC3)cc(=O)c2c1. The van der Waals surface area contributed by atoms with Crippen LogP contribution in [0.25, 0.3) is 11.0 Å². The van der Waals surface area contributed by atoms with Gasteiger partial charge in [-0.05, 0) is 47.0 Å². The van der Waals surface area contributed by atoms with Crippen LogP contribution in [-0.2, 0) is 0 Å². The number of rotatable bonds is 1. The van der Waals surface area contributed by atoms with Gasteiger partial charge in [0, 0.05) is 19.2 Å². The molecule has 1 aliphatic heterocycles. The topological polar surface area (TPSA) is 33.5 Å². The van der Waals surface area contributed by atoms with Gasteiger partial charge in [0.2, 0.25) is 0 Å². The van der Waals surface area contributed by atoms with Crippen LogP contribution < -0.4 is 10.3 Å². The van der Waals surface area contributed by atoms with Gasteiger partial charge in [0.25, 0.3) is 0 Å². The second-order valence-electron chi connectivity index (χ2n) is 4.41. The summed E-state index contributed by atoms with van der Waals surface area (Å²) in [5.74, 6) is 0.679. The smallest absolute Gasteiger partial charge is 0.200 e. The summed E-state index contributed by atoms with van der Waals surface area (Å²) in [5.41, 5.74) is 1.72. The summed E-state index contributed by atoms with van der Waals surface area (Å²) in [6.07, 6.45) is 1.16. The van der Waals surface area contributed by atoms with E-state index in [1.54, 1.807) is 6.07 Å². The first-order valence-electron chi connectivity index (χ1n) is 5.64. The third-order valence-electron chi connectivity index (χ3n) is 3.08. The van der Waals surface area contributed by atoms with Gasteiger partial charge in [-0.3, -0.25) is 4.79 Å². The van der Waals surface area contributed by atoms with E-state index in [0.29, 0.717) is 16.9 Å². The molecule has 3 nitrogen and oxygen atoms in total. The molecule has 0 N–H and O–H groups in total. The summed E-state index contributed by atoms with van der Waals surface area (Å²) >= 11 is 3.45. The molecule has 1 aromatic heterocycles. The van der Waals surface area contributed by atoms with Crippen molar-refractivity contribution in [1.29, 1.82) is 0 Å². The molecule has 2 aromatic rings. The zero-order valence-electron chi connectivity index (χ0n) is 9.50. The van der Waals surface area contributed by atoms with E-state index in [9.17, 15) is 4.79 Å². The van der Waals surface area contributed by atoms with Gasteiger partial charge in [0.1, 0.15) is 0 Å². The summed E-state index contributed by atoms with van der Waals surface area (Å²) in [4.78, 5) is 14.1. The predicted octanol–water partition coefficient (Wildman–Crippen LogP) is 3.07. The fourth-order valence-electron chi connectivity index (χ4n) is 2.03. The van der Waals surface area contributed by atoms with Crippen LogP contribution in [0.5, 0.6) is 0 Å². The third-order valence-corrected chi connectivity index (χ3v) is 3.67. The average molecular weight is 294 g/mol. The minimum absolute atomic E-state index is 0.0255. The third kappa shape index (κ3) is 1.76. The van der Waals surface area contributed by atoms with Crippen molar-refractivity contribution in [3.8, 4) is 0 Å². The Morgan fingerprint density at radius 3 is 2.71 bits per heavy atom. The van der Waals surface area contributed by atoms with Crippen LogP contribution in [0, 0.1) is 6.92 Å². The van der Waals surface area contributed by atoms with Gasteiger partial charge >= 0.3 is 0 Å². The lowest BCUT2D eigenvalue weighted by atomic mass is 10.1. The number of halogens is 1. The molecule has 0 aliphatic carbocycles. The van der Waals surface area contributed by atoms with Crippen molar-refractivity contribution >= 4 is 32.8 Å². The Balaban J connectivity index is 2.28. The van der Waals surface area contributed by atoms with Crippen molar-refractivity contribution in [1.82, 2.24) is 0 Å². The first-order chi connectivity index (χ1) is 8.15. The standard InChI is InChI=1S/C13H12BrNO2/c1-8-5-9-11(16)7-12(15-3-2-4-15)17-13(9)10(14)6-8/h5-7H,2-4H2,1H3. The van der Waals surface area contributed by atoms with E-state index in [1.165, 1.54) is 0 Å². The molecule has 0 spiro atoms. The fourth-order valence-corrected chi connectivity index (χ4v) is 2.69. The number of anilines is 1. The van der Waals surface area contributed by atoms with Gasteiger partial charge in [0.05, 0.1) is 9.86 Å². The van der Waals surface area contributed by atoms with Gasteiger partial charge in [-0.2, -0.15) is 0 Å². The molecule has 0 amide bonds. The number of fused-ring (bicyclic) bond motifs is 1. The van der Waals surface area contributed by atoms with Crippen LogP contribution in [-0.4, -0.2) is 13.1 Å². The summed E-state index contributed by atoms with van der Waals surface area (Å²) in [6.45, 7) is 3.91. The zero-order valence-corrected chi connectivity index (χ0v) is 11.1. The van der Waals surface area contributed by atoms with Crippen LogP contribution >= 0.6 is 15.9 Å². The summed E-state index contributed by atoms with van der Waals surface area (Å²) in [7, 11) is 0. The molecule has 4 heteroatoms. The van der Waals surface area contributed by atoms with Crippen LogP contribution in [0.2, 0.25) is 0 Å². The van der Waals surface area contributed by atoms with Crippen molar-refractivity contribution in [2.24, 2.45) is 0 Å². The second-order valence-corrected chi connectivity index (χ2v) is 5.27. The summed E-state index contributed by atoms with van der Waals surface area (Å²) in [6, 6.07) is 5.42. The minimum atomic E-state index is 0.0255. The molecule has 1 saturated heterocycles. The zero-order chi connectivity index (χ0) is 12.0. The number of aryl methyl sites for hydroxylation is 1. The number of nitrogens with zero attached hydrogens (tertiary/aromatic N) is 1. The van der Waals surface area contributed by atoms with Crippen molar-refractivity contribution in [3.05, 3.63) is 38.5 Å². The molecule has 1 aromatic carbocycles. The molecular weight excluding hydrogens is 282 g/mol. The normalized spacial score (nSPS) is 15.1.